The van der Waals surface area contributed by atoms with E-state index in [0.29, 0.717) is 12.0 Å². The molecule has 1 saturated heterocycles. The molecule has 7 heteroatoms. The number of benzene rings is 1. The van der Waals surface area contributed by atoms with Crippen LogP contribution in [-0.4, -0.2) is 74.8 Å². The van der Waals surface area contributed by atoms with Crippen LogP contribution in [0.2, 0.25) is 0 Å². The second-order valence-corrected chi connectivity index (χ2v) is 8.00. The zero-order chi connectivity index (χ0) is 21.1. The quantitative estimate of drug-likeness (QED) is 0.276. The van der Waals surface area contributed by atoms with Gasteiger partial charge in [-0.2, -0.15) is 0 Å². The number of ether oxygens (including phenoxy) is 1. The topological polar surface area (TPSA) is 52.1 Å². The van der Waals surface area contributed by atoms with Crippen molar-refractivity contribution >= 4 is 29.9 Å². The number of halogens is 1. The largest absolute Gasteiger partial charge is 0.379 e. The molecule has 0 aliphatic carbocycles. The lowest BCUT2D eigenvalue weighted by Gasteiger charge is -2.37. The minimum Gasteiger partial charge on any atom is -0.379 e. The molecule has 1 aliphatic heterocycles. The van der Waals surface area contributed by atoms with E-state index in [-0.39, 0.29) is 24.0 Å². The smallest absolute Gasteiger partial charge is 0.191 e. The van der Waals surface area contributed by atoms with Crippen molar-refractivity contribution in [2.45, 2.75) is 46.8 Å². The van der Waals surface area contributed by atoms with Gasteiger partial charge in [0.05, 0.1) is 13.2 Å². The summed E-state index contributed by atoms with van der Waals surface area (Å²) in [7, 11) is 1.84. The lowest BCUT2D eigenvalue weighted by atomic mass is 10.0. The first kappa shape index (κ1) is 27.1. The standard InChI is InChI=1S/C23H41N5O.HI/c1-6-27(7-2)18-21-11-9-8-10-20(21)16-25-23(24-5)26-17-22(19(3)4)28-12-14-29-15-13-28;/h8-11,19,22H,6-7,12-18H2,1-5H3,(H2,24,25,26);1H. The van der Waals surface area contributed by atoms with Gasteiger partial charge in [0.25, 0.3) is 0 Å². The average molecular weight is 532 g/mol. The van der Waals surface area contributed by atoms with Crippen LogP contribution in [0.5, 0.6) is 0 Å². The highest BCUT2D eigenvalue weighted by molar-refractivity contribution is 14.0. The van der Waals surface area contributed by atoms with Crippen LogP contribution in [0, 0.1) is 5.92 Å². The summed E-state index contributed by atoms with van der Waals surface area (Å²) in [4.78, 5) is 9.42. The number of aliphatic imine (C=N–C) groups is 1. The zero-order valence-electron chi connectivity index (χ0n) is 19.5. The zero-order valence-corrected chi connectivity index (χ0v) is 21.8. The Morgan fingerprint density at radius 1 is 1.10 bits per heavy atom. The fourth-order valence-electron chi connectivity index (χ4n) is 3.87. The summed E-state index contributed by atoms with van der Waals surface area (Å²) in [6.07, 6.45) is 0. The van der Waals surface area contributed by atoms with E-state index in [9.17, 15) is 0 Å². The van der Waals surface area contributed by atoms with Crippen LogP contribution in [-0.2, 0) is 17.8 Å². The summed E-state index contributed by atoms with van der Waals surface area (Å²) in [5, 5.41) is 7.06. The fourth-order valence-corrected chi connectivity index (χ4v) is 3.87. The molecule has 1 aliphatic rings. The summed E-state index contributed by atoms with van der Waals surface area (Å²) in [5.41, 5.74) is 2.71. The summed E-state index contributed by atoms with van der Waals surface area (Å²) >= 11 is 0. The molecule has 1 fully saturated rings. The van der Waals surface area contributed by atoms with Crippen molar-refractivity contribution in [1.82, 2.24) is 20.4 Å². The maximum absolute atomic E-state index is 5.52. The molecular formula is C23H42IN5O. The molecule has 0 amide bonds. The van der Waals surface area contributed by atoms with Crippen LogP contribution >= 0.6 is 24.0 Å². The first-order valence-electron chi connectivity index (χ1n) is 11.1. The second-order valence-electron chi connectivity index (χ2n) is 8.00. The van der Waals surface area contributed by atoms with E-state index in [1.807, 2.05) is 7.05 Å². The number of nitrogens with zero attached hydrogens (tertiary/aromatic N) is 3. The van der Waals surface area contributed by atoms with Gasteiger partial charge in [0, 0.05) is 45.8 Å². The van der Waals surface area contributed by atoms with Gasteiger partial charge in [-0.1, -0.05) is 52.0 Å². The maximum atomic E-state index is 5.52. The van der Waals surface area contributed by atoms with E-state index in [1.54, 1.807) is 0 Å². The summed E-state index contributed by atoms with van der Waals surface area (Å²) < 4.78 is 5.52. The van der Waals surface area contributed by atoms with Gasteiger partial charge in [0.1, 0.15) is 0 Å². The molecule has 6 nitrogen and oxygen atoms in total. The third-order valence-corrected chi connectivity index (χ3v) is 5.84. The monoisotopic (exact) mass is 531 g/mol. The Labute approximate surface area is 200 Å². The van der Waals surface area contributed by atoms with E-state index in [2.05, 4.69) is 77.4 Å². The van der Waals surface area contributed by atoms with Crippen LogP contribution in [0.3, 0.4) is 0 Å². The molecule has 1 aromatic rings. The predicted molar refractivity (Wildman–Crippen MR) is 138 cm³/mol. The Balaban J connectivity index is 0.00000450. The number of hydrogen-bond acceptors (Lipinski definition) is 4. The highest BCUT2D eigenvalue weighted by atomic mass is 127. The van der Waals surface area contributed by atoms with Crippen molar-refractivity contribution in [3.05, 3.63) is 35.4 Å². The Hall–Kier alpha value is -0.900. The second kappa shape index (κ2) is 15.0. The van der Waals surface area contributed by atoms with E-state index >= 15 is 0 Å². The van der Waals surface area contributed by atoms with Crippen molar-refractivity contribution in [3.8, 4) is 0 Å². The Bertz CT molecular complexity index is 615. The Morgan fingerprint density at radius 3 is 2.30 bits per heavy atom. The minimum absolute atomic E-state index is 0. The normalized spacial score (nSPS) is 16.4. The third kappa shape index (κ3) is 8.69. The van der Waals surface area contributed by atoms with E-state index < -0.39 is 0 Å². The Morgan fingerprint density at radius 2 is 1.73 bits per heavy atom. The summed E-state index contributed by atoms with van der Waals surface area (Å²) in [6, 6.07) is 9.17. The van der Waals surface area contributed by atoms with Gasteiger partial charge >= 0.3 is 0 Å². The van der Waals surface area contributed by atoms with Crippen LogP contribution in [0.4, 0.5) is 0 Å². The summed E-state index contributed by atoms with van der Waals surface area (Å²) in [6.45, 7) is 17.5. The van der Waals surface area contributed by atoms with E-state index in [1.165, 1.54) is 11.1 Å². The SMILES string of the molecule is CCN(CC)Cc1ccccc1CNC(=NC)NCC(C(C)C)N1CCOCC1.I. The molecule has 0 saturated carbocycles. The van der Waals surface area contributed by atoms with Crippen LogP contribution in [0.15, 0.2) is 29.3 Å². The highest BCUT2D eigenvalue weighted by Crippen LogP contribution is 2.13. The van der Waals surface area contributed by atoms with Gasteiger partial charge in [0.2, 0.25) is 0 Å². The van der Waals surface area contributed by atoms with Crippen molar-refractivity contribution in [2.75, 3.05) is 53.0 Å². The van der Waals surface area contributed by atoms with Gasteiger partial charge in [-0.3, -0.25) is 14.8 Å². The van der Waals surface area contributed by atoms with Gasteiger partial charge in [-0.05, 0) is 30.1 Å². The maximum Gasteiger partial charge on any atom is 0.191 e. The lowest BCUT2D eigenvalue weighted by Crippen LogP contribution is -2.52. The molecule has 1 atom stereocenters. The molecule has 0 bridgehead atoms. The molecule has 2 rings (SSSR count). The average Bonchev–Trinajstić information content (AvgIpc) is 2.75. The molecule has 30 heavy (non-hydrogen) atoms. The van der Waals surface area contributed by atoms with Crippen molar-refractivity contribution in [3.63, 3.8) is 0 Å². The first-order valence-corrected chi connectivity index (χ1v) is 11.1. The third-order valence-electron chi connectivity index (χ3n) is 5.84. The molecule has 1 heterocycles. The molecular weight excluding hydrogens is 489 g/mol. The van der Waals surface area contributed by atoms with Gasteiger partial charge in [-0.25, -0.2) is 0 Å². The van der Waals surface area contributed by atoms with Gasteiger partial charge in [-0.15, -0.1) is 24.0 Å². The number of guanidine groups is 1. The summed E-state index contributed by atoms with van der Waals surface area (Å²) in [5.74, 6) is 1.44. The van der Waals surface area contributed by atoms with E-state index in [4.69, 9.17) is 4.74 Å². The van der Waals surface area contributed by atoms with Gasteiger partial charge in [0.15, 0.2) is 5.96 Å². The molecule has 0 spiro atoms. The van der Waals surface area contributed by atoms with Gasteiger partial charge < -0.3 is 15.4 Å². The molecule has 2 N–H and O–H groups in total. The fraction of sp³-hybridized carbons (Fsp3) is 0.696. The van der Waals surface area contributed by atoms with Crippen molar-refractivity contribution in [2.24, 2.45) is 10.9 Å². The van der Waals surface area contributed by atoms with E-state index in [0.717, 1.165) is 65.0 Å². The van der Waals surface area contributed by atoms with Crippen LogP contribution in [0.1, 0.15) is 38.8 Å². The molecule has 172 valence electrons. The number of morpholine rings is 1. The number of nitrogens with one attached hydrogen (secondary N) is 2. The molecule has 1 aromatic carbocycles. The molecule has 1 unspecified atom stereocenters. The lowest BCUT2D eigenvalue weighted by molar-refractivity contribution is 0.00752. The van der Waals surface area contributed by atoms with Crippen LogP contribution in [0.25, 0.3) is 0 Å². The first-order chi connectivity index (χ1) is 14.1. The van der Waals surface area contributed by atoms with Crippen molar-refractivity contribution in [1.29, 1.82) is 0 Å². The minimum atomic E-state index is 0. The Kier molecular flexibility index (Phi) is 13.6. The number of hydrogen-bond donors (Lipinski definition) is 2. The van der Waals surface area contributed by atoms with Crippen molar-refractivity contribution < 1.29 is 4.74 Å². The van der Waals surface area contributed by atoms with Crippen LogP contribution < -0.4 is 10.6 Å². The molecule has 0 radical (unpaired) electrons. The number of rotatable bonds is 10. The molecule has 0 aromatic heterocycles. The predicted octanol–water partition coefficient (Wildman–Crippen LogP) is 3.17. The highest BCUT2D eigenvalue weighted by Gasteiger charge is 2.23.